The molecule has 92 valence electrons. The molecule has 2 rings (SSSR count). The molecular weight excluding hydrogens is 346 g/mol. The summed E-state index contributed by atoms with van der Waals surface area (Å²) in [5, 5.41) is 3.11. The fourth-order valence-electron chi connectivity index (χ4n) is 2.14. The summed E-state index contributed by atoms with van der Waals surface area (Å²) in [4.78, 5) is 12.5. The number of carbonyl (C=O) groups is 1. The third kappa shape index (κ3) is 3.32. The van der Waals surface area contributed by atoms with Gasteiger partial charge in [-0.2, -0.15) is 0 Å². The van der Waals surface area contributed by atoms with Crippen LogP contribution in [0.4, 0.5) is 0 Å². The molecule has 1 N–H and O–H groups in total. The van der Waals surface area contributed by atoms with E-state index in [1.54, 1.807) is 0 Å². The Labute approximate surface area is 118 Å². The largest absolute Gasteiger partial charge is 0.348 e. The summed E-state index contributed by atoms with van der Waals surface area (Å²) in [5.74, 6) is 0.00817. The van der Waals surface area contributed by atoms with Gasteiger partial charge < -0.3 is 5.32 Å². The number of carbonyl (C=O) groups excluding carboxylic acids is 1. The van der Waals surface area contributed by atoms with Gasteiger partial charge in [0.05, 0.1) is 5.56 Å². The van der Waals surface area contributed by atoms with Crippen LogP contribution in [0.25, 0.3) is 0 Å². The first kappa shape index (κ1) is 13.1. The van der Waals surface area contributed by atoms with E-state index in [1.807, 2.05) is 24.3 Å². The smallest absolute Gasteiger partial charge is 0.252 e. The maximum absolute atomic E-state index is 12.1. The second-order valence-electron chi connectivity index (χ2n) is 4.36. The molecule has 2 atom stereocenters. The third-order valence-corrected chi connectivity index (χ3v) is 4.90. The molecule has 1 saturated carbocycles. The normalized spacial score (nSPS) is 24.4. The van der Waals surface area contributed by atoms with E-state index in [0.29, 0.717) is 10.4 Å². The van der Waals surface area contributed by atoms with Crippen molar-refractivity contribution < 1.29 is 4.79 Å². The Balaban J connectivity index is 2.04. The highest BCUT2D eigenvalue weighted by Gasteiger charge is 2.24. The zero-order chi connectivity index (χ0) is 12.3. The molecule has 1 fully saturated rings. The van der Waals surface area contributed by atoms with Crippen LogP contribution in [0.15, 0.2) is 28.7 Å². The molecule has 2 unspecified atom stereocenters. The topological polar surface area (TPSA) is 29.1 Å². The van der Waals surface area contributed by atoms with Gasteiger partial charge in [-0.15, -0.1) is 0 Å². The monoisotopic (exact) mass is 359 g/mol. The minimum absolute atomic E-state index is 0.00817. The Kier molecular flexibility index (Phi) is 4.62. The molecule has 0 aliphatic heterocycles. The molecule has 1 aliphatic carbocycles. The Bertz CT molecular complexity index is 408. The molecule has 1 amide bonds. The lowest BCUT2D eigenvalue weighted by atomic mass is 9.95. The maximum Gasteiger partial charge on any atom is 0.252 e. The average molecular weight is 361 g/mol. The molecule has 0 saturated heterocycles. The van der Waals surface area contributed by atoms with Crippen LogP contribution in [-0.2, 0) is 0 Å². The third-order valence-electron chi connectivity index (χ3n) is 3.12. The molecule has 1 aromatic carbocycles. The van der Waals surface area contributed by atoms with Crippen LogP contribution in [0.5, 0.6) is 0 Å². The van der Waals surface area contributed by atoms with Crippen LogP contribution in [0.3, 0.4) is 0 Å². The van der Waals surface area contributed by atoms with Crippen LogP contribution < -0.4 is 5.32 Å². The van der Waals surface area contributed by atoms with E-state index >= 15 is 0 Å². The van der Waals surface area contributed by atoms with Crippen LogP contribution in [0, 0.1) is 0 Å². The van der Waals surface area contributed by atoms with Crippen LogP contribution in [0.1, 0.15) is 36.0 Å². The Morgan fingerprint density at radius 1 is 1.24 bits per heavy atom. The van der Waals surface area contributed by atoms with Gasteiger partial charge in [-0.05, 0) is 40.9 Å². The lowest BCUT2D eigenvalue weighted by Gasteiger charge is -2.28. The zero-order valence-corrected chi connectivity index (χ0v) is 12.6. The van der Waals surface area contributed by atoms with E-state index in [1.165, 1.54) is 12.8 Å². The van der Waals surface area contributed by atoms with Crippen molar-refractivity contribution in [3.05, 3.63) is 34.3 Å². The summed E-state index contributed by atoms with van der Waals surface area (Å²) < 4.78 is 0.847. The maximum atomic E-state index is 12.1. The first-order valence-electron chi connectivity index (χ1n) is 5.88. The fraction of sp³-hybridized carbons (Fsp3) is 0.462. The predicted octanol–water partition coefficient (Wildman–Crippen LogP) is 3.89. The van der Waals surface area contributed by atoms with Crippen molar-refractivity contribution in [2.24, 2.45) is 0 Å². The minimum atomic E-state index is 0.00817. The molecular formula is C13H15Br2NO. The highest BCUT2D eigenvalue weighted by atomic mass is 79.9. The second kappa shape index (κ2) is 6.01. The van der Waals surface area contributed by atoms with Gasteiger partial charge in [-0.1, -0.05) is 40.9 Å². The summed E-state index contributed by atoms with van der Waals surface area (Å²) in [6.45, 7) is 0. The van der Waals surface area contributed by atoms with Crippen molar-refractivity contribution >= 4 is 37.8 Å². The summed E-state index contributed by atoms with van der Waals surface area (Å²) >= 11 is 7.05. The number of amides is 1. The minimum Gasteiger partial charge on any atom is -0.348 e. The first-order chi connectivity index (χ1) is 8.18. The van der Waals surface area contributed by atoms with Gasteiger partial charge in [0.2, 0.25) is 0 Å². The van der Waals surface area contributed by atoms with Crippen molar-refractivity contribution in [3.8, 4) is 0 Å². The molecule has 0 bridgehead atoms. The SMILES string of the molecule is O=C(NC1CCCCC1Br)c1ccccc1Br. The average Bonchev–Trinajstić information content (AvgIpc) is 2.32. The van der Waals surface area contributed by atoms with Gasteiger partial charge in [0.1, 0.15) is 0 Å². The highest BCUT2D eigenvalue weighted by molar-refractivity contribution is 9.10. The standard InChI is InChI=1S/C13H15Br2NO/c14-10-6-2-1-5-9(10)13(17)16-12-8-4-3-7-11(12)15/h1-2,5-6,11-12H,3-4,7-8H2,(H,16,17). The van der Waals surface area contributed by atoms with Gasteiger partial charge in [-0.3, -0.25) is 4.79 Å². The Morgan fingerprint density at radius 3 is 2.65 bits per heavy atom. The molecule has 1 aromatic rings. The molecule has 1 aliphatic rings. The van der Waals surface area contributed by atoms with Gasteiger partial charge >= 0.3 is 0 Å². The van der Waals surface area contributed by atoms with E-state index in [0.717, 1.165) is 17.3 Å². The van der Waals surface area contributed by atoms with Crippen molar-refractivity contribution in [1.29, 1.82) is 0 Å². The van der Waals surface area contributed by atoms with Crippen LogP contribution in [-0.4, -0.2) is 16.8 Å². The fourth-order valence-corrected chi connectivity index (χ4v) is 3.32. The van der Waals surface area contributed by atoms with E-state index in [9.17, 15) is 4.79 Å². The van der Waals surface area contributed by atoms with Crippen LogP contribution in [0.2, 0.25) is 0 Å². The number of hydrogen-bond donors (Lipinski definition) is 1. The predicted molar refractivity (Wildman–Crippen MR) is 76.6 cm³/mol. The Morgan fingerprint density at radius 2 is 1.94 bits per heavy atom. The lowest BCUT2D eigenvalue weighted by molar-refractivity contribution is 0.0929. The van der Waals surface area contributed by atoms with Gasteiger partial charge in [0.25, 0.3) is 5.91 Å². The van der Waals surface area contributed by atoms with Crippen LogP contribution >= 0.6 is 31.9 Å². The van der Waals surface area contributed by atoms with Crippen molar-refractivity contribution in [2.45, 2.75) is 36.6 Å². The zero-order valence-electron chi connectivity index (χ0n) is 9.46. The van der Waals surface area contributed by atoms with E-state index in [2.05, 4.69) is 37.2 Å². The molecule has 2 nitrogen and oxygen atoms in total. The highest BCUT2D eigenvalue weighted by Crippen LogP contribution is 2.25. The summed E-state index contributed by atoms with van der Waals surface area (Å²) in [7, 11) is 0. The van der Waals surface area contributed by atoms with Gasteiger partial charge in [-0.25, -0.2) is 0 Å². The number of halogens is 2. The lowest BCUT2D eigenvalue weighted by Crippen LogP contribution is -2.42. The molecule has 4 heteroatoms. The molecule has 0 spiro atoms. The number of rotatable bonds is 2. The van der Waals surface area contributed by atoms with Gasteiger partial charge in [0, 0.05) is 15.3 Å². The van der Waals surface area contributed by atoms with E-state index < -0.39 is 0 Å². The second-order valence-corrected chi connectivity index (χ2v) is 6.39. The number of benzene rings is 1. The molecule has 0 radical (unpaired) electrons. The summed E-state index contributed by atoms with van der Waals surface area (Å²) in [6, 6.07) is 7.77. The van der Waals surface area contributed by atoms with E-state index in [-0.39, 0.29) is 11.9 Å². The number of hydrogen-bond acceptors (Lipinski definition) is 1. The van der Waals surface area contributed by atoms with Crippen molar-refractivity contribution in [2.75, 3.05) is 0 Å². The molecule has 0 aromatic heterocycles. The molecule has 17 heavy (non-hydrogen) atoms. The Hall–Kier alpha value is -0.350. The first-order valence-corrected chi connectivity index (χ1v) is 7.59. The quantitative estimate of drug-likeness (QED) is 0.796. The van der Waals surface area contributed by atoms with Crippen molar-refractivity contribution in [1.82, 2.24) is 5.32 Å². The number of nitrogens with one attached hydrogen (secondary N) is 1. The molecule has 0 heterocycles. The van der Waals surface area contributed by atoms with Gasteiger partial charge in [0.15, 0.2) is 0 Å². The summed E-state index contributed by atoms with van der Waals surface area (Å²) in [6.07, 6.45) is 4.65. The summed E-state index contributed by atoms with van der Waals surface area (Å²) in [5.41, 5.74) is 0.706. The van der Waals surface area contributed by atoms with E-state index in [4.69, 9.17) is 0 Å². The van der Waals surface area contributed by atoms with Crippen molar-refractivity contribution in [3.63, 3.8) is 0 Å². The number of alkyl halides is 1.